The Balaban J connectivity index is 1.13. The molecule has 0 heterocycles. The maximum absolute atomic E-state index is 2.33. The lowest BCUT2D eigenvalue weighted by Gasteiger charge is -2.20. The van der Waals surface area contributed by atoms with Gasteiger partial charge in [-0.25, -0.2) is 0 Å². The van der Waals surface area contributed by atoms with E-state index in [1.54, 1.807) is 0 Å². The highest BCUT2D eigenvalue weighted by Gasteiger charge is 2.16. The van der Waals surface area contributed by atoms with Gasteiger partial charge in [0.05, 0.1) is 0 Å². The summed E-state index contributed by atoms with van der Waals surface area (Å²) in [5.74, 6) is 0. The topological polar surface area (TPSA) is 0 Å². The van der Waals surface area contributed by atoms with Crippen LogP contribution in [-0.4, -0.2) is 0 Å². The zero-order valence-electron chi connectivity index (χ0n) is 34.8. The molecule has 0 aliphatic rings. The third-order valence-electron chi connectivity index (χ3n) is 10.7. The van der Waals surface area contributed by atoms with E-state index >= 15 is 0 Å². The van der Waals surface area contributed by atoms with Crippen molar-refractivity contribution in [2.45, 2.75) is 52.4 Å². The molecule has 7 aromatic carbocycles. The lowest BCUT2D eigenvalue weighted by molar-refractivity contribution is 0.590. The maximum atomic E-state index is 2.33. The van der Waals surface area contributed by atoms with E-state index in [0.29, 0.717) is 0 Å². The van der Waals surface area contributed by atoms with Crippen LogP contribution in [0.2, 0.25) is 0 Å². The van der Waals surface area contributed by atoms with Crippen LogP contribution in [0, 0.1) is 0 Å². The minimum Gasteiger partial charge on any atom is -0.0622 e. The van der Waals surface area contributed by atoms with Crippen LogP contribution < -0.4 is 0 Å². The van der Waals surface area contributed by atoms with Gasteiger partial charge in [-0.1, -0.05) is 248 Å². The first-order valence-corrected chi connectivity index (χ1v) is 20.4. The van der Waals surface area contributed by atoms with Crippen molar-refractivity contribution in [3.63, 3.8) is 0 Å². The molecule has 0 aliphatic heterocycles. The molecule has 0 spiro atoms. The number of hydrogen-bond acceptors (Lipinski definition) is 0. The molecule has 0 fully saturated rings. The van der Waals surface area contributed by atoms with Gasteiger partial charge in [-0.05, 0) is 101 Å². The van der Waals surface area contributed by atoms with Crippen molar-refractivity contribution in [2.75, 3.05) is 0 Å². The zero-order valence-corrected chi connectivity index (χ0v) is 34.8. The summed E-state index contributed by atoms with van der Waals surface area (Å²) in [5.41, 5.74) is 17.2. The molecule has 0 N–H and O–H groups in total. The predicted octanol–water partition coefficient (Wildman–Crippen LogP) is 15.8. The highest BCUT2D eigenvalue weighted by Crippen LogP contribution is 2.32. The van der Waals surface area contributed by atoms with Crippen molar-refractivity contribution in [3.05, 3.63) is 249 Å². The molecule has 58 heavy (non-hydrogen) atoms. The quantitative estimate of drug-likeness (QED) is 0.122. The van der Waals surface area contributed by atoms with Crippen molar-refractivity contribution in [2.24, 2.45) is 0 Å². The fourth-order valence-corrected chi connectivity index (χ4v) is 7.19. The predicted molar refractivity (Wildman–Crippen MR) is 254 cm³/mol. The van der Waals surface area contributed by atoms with Crippen LogP contribution >= 0.6 is 0 Å². The minimum atomic E-state index is 0.108. The van der Waals surface area contributed by atoms with E-state index in [-0.39, 0.29) is 10.8 Å². The van der Waals surface area contributed by atoms with Gasteiger partial charge in [0, 0.05) is 0 Å². The Kier molecular flexibility index (Phi) is 12.2. The van der Waals surface area contributed by atoms with Crippen molar-refractivity contribution < 1.29 is 0 Å². The second kappa shape index (κ2) is 17.7. The largest absolute Gasteiger partial charge is 0.0622 e. The standard InChI is InChI=1S/C58H54/c1-57(2,3)53-37-33-49(34-38-53)55(47-19-9-7-10-20-47)41-51-23-15-13-17-45(51)31-29-43-25-27-44(28-26-43)30-32-46-18-14-16-24-52(46)42-56(48-21-11-8-12-22-48)50-35-39-54(40-36-50)58(4,5)6/h7-42H,1-6H3. The molecule has 0 saturated carbocycles. The Labute approximate surface area is 347 Å². The Morgan fingerprint density at radius 2 is 0.586 bits per heavy atom. The van der Waals surface area contributed by atoms with E-state index in [1.807, 2.05) is 0 Å². The molecular formula is C58H54. The Hall–Kier alpha value is -6.50. The van der Waals surface area contributed by atoms with Crippen molar-refractivity contribution in [1.82, 2.24) is 0 Å². The summed E-state index contributed by atoms with van der Waals surface area (Å²) in [6, 6.07) is 65.6. The summed E-state index contributed by atoms with van der Waals surface area (Å²) >= 11 is 0. The molecule has 0 aliphatic carbocycles. The summed E-state index contributed by atoms with van der Waals surface area (Å²) < 4.78 is 0. The van der Waals surface area contributed by atoms with Crippen LogP contribution in [0.15, 0.2) is 182 Å². The van der Waals surface area contributed by atoms with E-state index in [4.69, 9.17) is 0 Å². The van der Waals surface area contributed by atoms with Crippen LogP contribution in [0.3, 0.4) is 0 Å². The summed E-state index contributed by atoms with van der Waals surface area (Å²) in [6.45, 7) is 13.6. The zero-order chi connectivity index (χ0) is 40.5. The van der Waals surface area contributed by atoms with E-state index in [9.17, 15) is 0 Å². The second-order valence-corrected chi connectivity index (χ2v) is 17.1. The van der Waals surface area contributed by atoms with E-state index in [0.717, 1.165) is 11.1 Å². The molecule has 0 atom stereocenters. The van der Waals surface area contributed by atoms with Gasteiger partial charge in [0.1, 0.15) is 0 Å². The Morgan fingerprint density at radius 3 is 0.914 bits per heavy atom. The van der Waals surface area contributed by atoms with Crippen LogP contribution in [0.1, 0.15) is 108 Å². The average Bonchev–Trinajstić information content (AvgIpc) is 3.24. The normalized spacial score (nSPS) is 12.7. The summed E-state index contributed by atoms with van der Waals surface area (Å²) in [5, 5.41) is 0. The third-order valence-corrected chi connectivity index (χ3v) is 10.7. The van der Waals surface area contributed by atoms with Gasteiger partial charge >= 0.3 is 0 Å². The van der Waals surface area contributed by atoms with Crippen LogP contribution in [0.25, 0.3) is 47.6 Å². The lowest BCUT2D eigenvalue weighted by atomic mass is 9.85. The molecule has 0 nitrogen and oxygen atoms in total. The monoisotopic (exact) mass is 750 g/mol. The van der Waals surface area contributed by atoms with E-state index in [1.165, 1.54) is 66.8 Å². The molecule has 7 rings (SSSR count). The maximum Gasteiger partial charge on any atom is -0.0105 e. The SMILES string of the molecule is CC(C)(C)c1ccc(C(=Cc2ccccc2C=Cc2ccc(C=Cc3ccccc3C=C(c3ccccc3)c3ccc(C(C)(C)C)cc3)cc2)c2ccccc2)cc1. The number of rotatable bonds is 10. The summed E-state index contributed by atoms with van der Waals surface area (Å²) in [4.78, 5) is 0. The molecule has 0 heteroatoms. The molecular weight excluding hydrogens is 697 g/mol. The first-order valence-electron chi connectivity index (χ1n) is 20.4. The smallest absolute Gasteiger partial charge is 0.0105 e. The van der Waals surface area contributed by atoms with E-state index in [2.05, 4.69) is 260 Å². The van der Waals surface area contributed by atoms with Gasteiger partial charge in [-0.3, -0.25) is 0 Å². The van der Waals surface area contributed by atoms with Gasteiger partial charge in [0.2, 0.25) is 0 Å². The molecule has 0 unspecified atom stereocenters. The van der Waals surface area contributed by atoms with Gasteiger partial charge < -0.3 is 0 Å². The molecule has 0 radical (unpaired) electrons. The van der Waals surface area contributed by atoms with Gasteiger partial charge in [-0.15, -0.1) is 0 Å². The second-order valence-electron chi connectivity index (χ2n) is 17.1. The first kappa shape index (κ1) is 39.7. The number of hydrogen-bond donors (Lipinski definition) is 0. The van der Waals surface area contributed by atoms with Crippen LogP contribution in [0.5, 0.6) is 0 Å². The molecule has 0 amide bonds. The summed E-state index contributed by atoms with van der Waals surface area (Å²) in [6.07, 6.45) is 13.5. The van der Waals surface area contributed by atoms with Crippen LogP contribution in [-0.2, 0) is 10.8 Å². The highest BCUT2D eigenvalue weighted by atomic mass is 14.2. The molecule has 0 bridgehead atoms. The fraction of sp³-hybridized carbons (Fsp3) is 0.138. The van der Waals surface area contributed by atoms with Crippen molar-refractivity contribution in [3.8, 4) is 0 Å². The van der Waals surface area contributed by atoms with E-state index < -0.39 is 0 Å². The lowest BCUT2D eigenvalue weighted by Crippen LogP contribution is -2.10. The average molecular weight is 751 g/mol. The third kappa shape index (κ3) is 10.1. The number of benzene rings is 7. The van der Waals surface area contributed by atoms with Crippen LogP contribution in [0.4, 0.5) is 0 Å². The Morgan fingerprint density at radius 1 is 0.293 bits per heavy atom. The Bertz CT molecular complexity index is 2360. The fourth-order valence-electron chi connectivity index (χ4n) is 7.19. The van der Waals surface area contributed by atoms with Gasteiger partial charge in [-0.2, -0.15) is 0 Å². The molecule has 0 saturated heterocycles. The highest BCUT2D eigenvalue weighted by molar-refractivity contribution is 5.94. The molecule has 286 valence electrons. The molecule has 0 aromatic heterocycles. The van der Waals surface area contributed by atoms with Gasteiger partial charge in [0.25, 0.3) is 0 Å². The minimum absolute atomic E-state index is 0.108. The van der Waals surface area contributed by atoms with Crippen molar-refractivity contribution in [1.29, 1.82) is 0 Å². The molecule has 7 aromatic rings. The van der Waals surface area contributed by atoms with Gasteiger partial charge in [0.15, 0.2) is 0 Å². The summed E-state index contributed by atoms with van der Waals surface area (Å²) in [7, 11) is 0. The first-order chi connectivity index (χ1) is 28.0. The van der Waals surface area contributed by atoms with Crippen molar-refractivity contribution >= 4 is 47.6 Å².